The van der Waals surface area contributed by atoms with Crippen LogP contribution in [0.2, 0.25) is 0 Å². The van der Waals surface area contributed by atoms with Crippen LogP contribution < -0.4 is 5.32 Å². The molecule has 0 amide bonds. The van der Waals surface area contributed by atoms with Crippen LogP contribution in [-0.2, 0) is 6.18 Å². The van der Waals surface area contributed by atoms with E-state index in [-0.39, 0.29) is 22.6 Å². The van der Waals surface area contributed by atoms with Crippen molar-refractivity contribution < 1.29 is 18.1 Å². The fourth-order valence-corrected chi connectivity index (χ4v) is 2.74. The molecule has 0 unspecified atom stereocenters. The minimum Gasteiger partial charge on any atom is -0.381 e. The first-order valence-electron chi connectivity index (χ1n) is 6.51. The highest BCUT2D eigenvalue weighted by Crippen LogP contribution is 2.63. The van der Waals surface area contributed by atoms with E-state index >= 15 is 0 Å². The SMILES string of the molecule is CC1(C)C(Nc2ccc([N+](=O)[O-])c(C(F)(F)F)c2)C1(C)C. The molecule has 2 rings (SSSR count). The van der Waals surface area contributed by atoms with Gasteiger partial charge in [0.25, 0.3) is 5.69 Å². The molecule has 0 aliphatic heterocycles. The smallest absolute Gasteiger partial charge is 0.381 e. The van der Waals surface area contributed by atoms with Gasteiger partial charge in [-0.2, -0.15) is 13.2 Å². The van der Waals surface area contributed by atoms with Gasteiger partial charge in [0.1, 0.15) is 5.56 Å². The summed E-state index contributed by atoms with van der Waals surface area (Å²) >= 11 is 0. The first-order valence-corrected chi connectivity index (χ1v) is 6.51. The van der Waals surface area contributed by atoms with Crippen LogP contribution >= 0.6 is 0 Å². The Bertz CT molecular complexity index is 580. The second-order valence-electron chi connectivity index (χ2n) is 6.51. The molecule has 116 valence electrons. The lowest BCUT2D eigenvalue weighted by Gasteiger charge is -2.12. The van der Waals surface area contributed by atoms with E-state index < -0.39 is 22.4 Å². The van der Waals surface area contributed by atoms with Crippen LogP contribution in [0.3, 0.4) is 0 Å². The van der Waals surface area contributed by atoms with Crippen molar-refractivity contribution in [3.05, 3.63) is 33.9 Å². The molecule has 1 aromatic carbocycles. The predicted octanol–water partition coefficient (Wildman–Crippen LogP) is 4.46. The molecule has 0 saturated heterocycles. The van der Waals surface area contributed by atoms with Gasteiger partial charge in [-0.3, -0.25) is 10.1 Å². The Balaban J connectivity index is 2.34. The van der Waals surface area contributed by atoms with Crippen molar-refractivity contribution in [3.8, 4) is 0 Å². The van der Waals surface area contributed by atoms with Gasteiger partial charge in [0.15, 0.2) is 0 Å². The zero-order chi connectivity index (χ0) is 16.2. The molecule has 0 heterocycles. The van der Waals surface area contributed by atoms with Crippen molar-refractivity contribution in [1.82, 2.24) is 0 Å². The van der Waals surface area contributed by atoms with E-state index in [4.69, 9.17) is 0 Å². The normalized spacial score (nSPS) is 20.1. The highest BCUT2D eigenvalue weighted by Gasteiger charge is 2.65. The molecule has 1 saturated carbocycles. The van der Waals surface area contributed by atoms with E-state index in [1.165, 1.54) is 6.07 Å². The van der Waals surface area contributed by atoms with Crippen molar-refractivity contribution in [1.29, 1.82) is 0 Å². The molecule has 0 spiro atoms. The molecule has 21 heavy (non-hydrogen) atoms. The highest BCUT2D eigenvalue weighted by atomic mass is 19.4. The number of hydrogen-bond acceptors (Lipinski definition) is 3. The zero-order valence-electron chi connectivity index (χ0n) is 12.2. The summed E-state index contributed by atoms with van der Waals surface area (Å²) in [5, 5.41) is 13.8. The number of halogens is 3. The Kier molecular flexibility index (Phi) is 3.23. The Morgan fingerprint density at radius 3 is 2.10 bits per heavy atom. The van der Waals surface area contributed by atoms with Crippen molar-refractivity contribution in [2.24, 2.45) is 10.8 Å². The number of rotatable bonds is 3. The van der Waals surface area contributed by atoms with Gasteiger partial charge in [-0.1, -0.05) is 27.7 Å². The van der Waals surface area contributed by atoms with E-state index in [0.29, 0.717) is 0 Å². The van der Waals surface area contributed by atoms with E-state index in [0.717, 1.165) is 12.1 Å². The molecular formula is C14H17F3N2O2. The second-order valence-corrected chi connectivity index (χ2v) is 6.51. The quantitative estimate of drug-likeness (QED) is 0.662. The minimum atomic E-state index is -4.76. The molecule has 1 N–H and O–H groups in total. The number of nitrogens with zero attached hydrogens (tertiary/aromatic N) is 1. The van der Waals surface area contributed by atoms with Crippen molar-refractivity contribution in [3.63, 3.8) is 0 Å². The topological polar surface area (TPSA) is 55.2 Å². The van der Waals surface area contributed by atoms with Crippen molar-refractivity contribution in [2.75, 3.05) is 5.32 Å². The molecule has 1 aromatic rings. The highest BCUT2D eigenvalue weighted by molar-refractivity contribution is 5.57. The van der Waals surface area contributed by atoms with Crippen LogP contribution in [0.1, 0.15) is 33.3 Å². The lowest BCUT2D eigenvalue weighted by molar-refractivity contribution is -0.388. The number of anilines is 1. The summed E-state index contributed by atoms with van der Waals surface area (Å²) in [5.74, 6) is 0. The number of nitrogens with one attached hydrogen (secondary N) is 1. The molecule has 0 bridgehead atoms. The molecule has 7 heteroatoms. The first kappa shape index (κ1) is 15.6. The van der Waals surface area contributed by atoms with Gasteiger partial charge >= 0.3 is 6.18 Å². The van der Waals surface area contributed by atoms with Gasteiger partial charge in [0.2, 0.25) is 0 Å². The lowest BCUT2D eigenvalue weighted by atomic mass is 10.0. The molecule has 0 radical (unpaired) electrons. The summed E-state index contributed by atoms with van der Waals surface area (Å²) in [6.07, 6.45) is -4.76. The van der Waals surface area contributed by atoms with Gasteiger partial charge in [-0.05, 0) is 23.0 Å². The minimum absolute atomic E-state index is 0.0209. The molecule has 1 fully saturated rings. The summed E-state index contributed by atoms with van der Waals surface area (Å²) in [5.41, 5.74) is -2.01. The van der Waals surface area contributed by atoms with Crippen molar-refractivity contribution in [2.45, 2.75) is 39.9 Å². The number of alkyl halides is 3. The Morgan fingerprint density at radius 1 is 1.19 bits per heavy atom. The monoisotopic (exact) mass is 302 g/mol. The lowest BCUT2D eigenvalue weighted by Crippen LogP contribution is -2.13. The van der Waals surface area contributed by atoms with E-state index in [9.17, 15) is 23.3 Å². The maximum Gasteiger partial charge on any atom is 0.423 e. The summed E-state index contributed by atoms with van der Waals surface area (Å²) in [6, 6.07) is 3.04. The van der Waals surface area contributed by atoms with Crippen LogP contribution in [0.4, 0.5) is 24.5 Å². The maximum atomic E-state index is 12.9. The molecule has 1 aliphatic rings. The summed E-state index contributed by atoms with van der Waals surface area (Å²) in [4.78, 5) is 9.69. The summed E-state index contributed by atoms with van der Waals surface area (Å²) in [7, 11) is 0. The van der Waals surface area contributed by atoms with Gasteiger partial charge in [-0.25, -0.2) is 0 Å². The third-order valence-electron chi connectivity index (χ3n) is 4.83. The van der Waals surface area contributed by atoms with Gasteiger partial charge in [0.05, 0.1) is 4.92 Å². The second kappa shape index (κ2) is 4.35. The van der Waals surface area contributed by atoms with E-state index in [1.54, 1.807) is 0 Å². The fourth-order valence-electron chi connectivity index (χ4n) is 2.74. The molecule has 0 atom stereocenters. The zero-order valence-corrected chi connectivity index (χ0v) is 12.2. The largest absolute Gasteiger partial charge is 0.423 e. The number of benzene rings is 1. The summed E-state index contributed by atoms with van der Waals surface area (Å²) in [6.45, 7) is 8.11. The Labute approximate surface area is 120 Å². The van der Waals surface area contributed by atoms with E-state index in [2.05, 4.69) is 5.32 Å². The molecule has 4 nitrogen and oxygen atoms in total. The number of nitro groups is 1. The molecular weight excluding hydrogens is 285 g/mol. The third-order valence-corrected chi connectivity index (χ3v) is 4.83. The first-order chi connectivity index (χ1) is 9.39. The predicted molar refractivity (Wildman–Crippen MR) is 73.1 cm³/mol. The maximum absolute atomic E-state index is 12.9. The Morgan fingerprint density at radius 2 is 1.71 bits per heavy atom. The van der Waals surface area contributed by atoms with Crippen LogP contribution in [0, 0.1) is 20.9 Å². The van der Waals surface area contributed by atoms with Crippen LogP contribution in [-0.4, -0.2) is 11.0 Å². The Hall–Kier alpha value is -1.79. The van der Waals surface area contributed by atoms with Gasteiger partial charge in [-0.15, -0.1) is 0 Å². The summed E-state index contributed by atoms with van der Waals surface area (Å²) < 4.78 is 38.7. The van der Waals surface area contributed by atoms with Gasteiger partial charge < -0.3 is 5.32 Å². The van der Waals surface area contributed by atoms with Crippen molar-refractivity contribution >= 4 is 11.4 Å². The number of hydrogen-bond donors (Lipinski definition) is 1. The molecule has 0 aromatic heterocycles. The van der Waals surface area contributed by atoms with Crippen LogP contribution in [0.5, 0.6) is 0 Å². The average molecular weight is 302 g/mol. The van der Waals surface area contributed by atoms with Gasteiger partial charge in [0, 0.05) is 17.8 Å². The van der Waals surface area contributed by atoms with Crippen LogP contribution in [0.15, 0.2) is 18.2 Å². The average Bonchev–Trinajstić information content (AvgIpc) is 2.70. The number of nitro benzene ring substituents is 1. The standard InChI is InChI=1S/C14H17F3N2O2/c1-12(2)11(13(12,3)4)18-8-5-6-10(19(20)21)9(7-8)14(15,16)17/h5-7,11,18H,1-4H3. The molecule has 1 aliphatic carbocycles. The van der Waals surface area contributed by atoms with E-state index in [1.807, 2.05) is 27.7 Å². The fraction of sp³-hybridized carbons (Fsp3) is 0.571. The van der Waals surface area contributed by atoms with Crippen LogP contribution in [0.25, 0.3) is 0 Å². The third kappa shape index (κ3) is 2.45.